The van der Waals surface area contributed by atoms with Crippen molar-refractivity contribution in [2.75, 3.05) is 0 Å². The van der Waals surface area contributed by atoms with Crippen LogP contribution < -0.4 is 10.6 Å². The van der Waals surface area contributed by atoms with Crippen LogP contribution in [0.15, 0.2) is 30.5 Å². The van der Waals surface area contributed by atoms with Crippen molar-refractivity contribution >= 4 is 17.5 Å². The molecular weight excluding hydrogens is 312 g/mol. The number of amides is 1. The van der Waals surface area contributed by atoms with Gasteiger partial charge in [0.25, 0.3) is 0 Å². The fraction of sp³-hybridized carbons (Fsp3) is 0.412. The summed E-state index contributed by atoms with van der Waals surface area (Å²) in [5, 5.41) is 11.6. The fourth-order valence-electron chi connectivity index (χ4n) is 3.09. The van der Waals surface area contributed by atoms with E-state index in [0.717, 1.165) is 23.7 Å². The van der Waals surface area contributed by atoms with E-state index in [4.69, 9.17) is 11.6 Å². The smallest absolute Gasteiger partial charge is 0.220 e. The van der Waals surface area contributed by atoms with Gasteiger partial charge in [-0.25, -0.2) is 0 Å². The van der Waals surface area contributed by atoms with Crippen molar-refractivity contribution in [3.8, 4) is 0 Å². The number of benzene rings is 1. The largest absolute Gasteiger partial charge is 0.346 e. The average Bonchev–Trinajstić information content (AvgIpc) is 2.93. The summed E-state index contributed by atoms with van der Waals surface area (Å²) in [6.07, 6.45) is 3.12. The second-order valence-corrected chi connectivity index (χ2v) is 6.46. The molecule has 1 saturated heterocycles. The third kappa shape index (κ3) is 3.57. The molecule has 0 radical (unpaired) electrons. The first-order chi connectivity index (χ1) is 11.0. The van der Waals surface area contributed by atoms with Crippen molar-refractivity contribution in [2.24, 2.45) is 7.05 Å². The molecule has 0 bridgehead atoms. The summed E-state index contributed by atoms with van der Waals surface area (Å²) < 4.78 is 1.82. The minimum atomic E-state index is -0.0589. The van der Waals surface area contributed by atoms with Crippen molar-refractivity contribution < 1.29 is 4.79 Å². The van der Waals surface area contributed by atoms with Crippen LogP contribution in [-0.2, 0) is 18.4 Å². The molecule has 0 saturated carbocycles. The molecule has 2 aromatic rings. The predicted molar refractivity (Wildman–Crippen MR) is 90.1 cm³/mol. The van der Waals surface area contributed by atoms with Crippen LogP contribution in [0, 0.1) is 6.92 Å². The van der Waals surface area contributed by atoms with Crippen LogP contribution in [0.2, 0.25) is 5.02 Å². The molecular formula is C17H21ClN4O. The Morgan fingerprint density at radius 1 is 1.43 bits per heavy atom. The van der Waals surface area contributed by atoms with Gasteiger partial charge in [-0.15, -0.1) is 0 Å². The maximum atomic E-state index is 11.8. The molecule has 23 heavy (non-hydrogen) atoms. The minimum Gasteiger partial charge on any atom is -0.346 e. The topological polar surface area (TPSA) is 59.0 Å². The molecule has 2 heterocycles. The van der Waals surface area contributed by atoms with E-state index < -0.39 is 0 Å². The van der Waals surface area contributed by atoms with Crippen LogP contribution in [0.4, 0.5) is 0 Å². The Morgan fingerprint density at radius 2 is 2.26 bits per heavy atom. The number of rotatable bonds is 4. The second kappa shape index (κ2) is 6.72. The van der Waals surface area contributed by atoms with Gasteiger partial charge in [-0.05, 0) is 42.7 Å². The zero-order valence-electron chi connectivity index (χ0n) is 13.3. The van der Waals surface area contributed by atoms with Gasteiger partial charge in [-0.2, -0.15) is 5.10 Å². The predicted octanol–water partition coefficient (Wildman–Crippen LogP) is 2.49. The van der Waals surface area contributed by atoms with E-state index in [9.17, 15) is 4.79 Å². The Kier molecular flexibility index (Phi) is 4.68. The maximum absolute atomic E-state index is 11.8. The summed E-state index contributed by atoms with van der Waals surface area (Å²) in [4.78, 5) is 11.8. The molecule has 2 atom stereocenters. The highest BCUT2D eigenvalue weighted by molar-refractivity contribution is 6.30. The summed E-state index contributed by atoms with van der Waals surface area (Å²) in [7, 11) is 1.90. The van der Waals surface area contributed by atoms with Crippen molar-refractivity contribution in [3.05, 3.63) is 52.3 Å². The molecule has 1 amide bonds. The number of hydrogen-bond acceptors (Lipinski definition) is 3. The number of nitrogens with one attached hydrogen (secondary N) is 2. The van der Waals surface area contributed by atoms with Gasteiger partial charge < -0.3 is 10.6 Å². The normalized spacial score (nSPS) is 21.3. The highest BCUT2D eigenvalue weighted by atomic mass is 35.5. The number of hydrogen-bond donors (Lipinski definition) is 2. The zero-order chi connectivity index (χ0) is 16.4. The molecule has 3 rings (SSSR count). The summed E-state index contributed by atoms with van der Waals surface area (Å²) in [5.74, 6) is 0.0944. The van der Waals surface area contributed by atoms with Crippen LogP contribution in [-0.4, -0.2) is 21.7 Å². The van der Waals surface area contributed by atoms with Crippen LogP contribution in [0.3, 0.4) is 0 Å². The summed E-state index contributed by atoms with van der Waals surface area (Å²) in [6, 6.07) is 8.01. The first-order valence-corrected chi connectivity index (χ1v) is 8.18. The standard InChI is InChI=1S/C17H21ClN4O/c1-11-9-13(18)4-3-12(11)10-19-14-5-6-16(23)21-17(14)15-7-8-20-22(15)2/h3-4,7-9,14,17,19H,5-6,10H2,1-2H3,(H,21,23)/t14-,17-/m1/s1. The lowest BCUT2D eigenvalue weighted by molar-refractivity contribution is -0.124. The van der Waals surface area contributed by atoms with Crippen molar-refractivity contribution in [2.45, 2.75) is 38.4 Å². The quantitative estimate of drug-likeness (QED) is 0.904. The molecule has 122 valence electrons. The van der Waals surface area contributed by atoms with E-state index in [1.807, 2.05) is 36.0 Å². The van der Waals surface area contributed by atoms with Gasteiger partial charge in [0.15, 0.2) is 0 Å². The van der Waals surface area contributed by atoms with E-state index in [2.05, 4.69) is 22.7 Å². The Morgan fingerprint density at radius 3 is 2.96 bits per heavy atom. The van der Waals surface area contributed by atoms with Gasteiger partial charge >= 0.3 is 0 Å². The lowest BCUT2D eigenvalue weighted by Crippen LogP contribution is -2.48. The highest BCUT2D eigenvalue weighted by Gasteiger charge is 2.31. The Balaban J connectivity index is 1.74. The van der Waals surface area contributed by atoms with Crippen LogP contribution in [0.1, 0.15) is 35.7 Å². The van der Waals surface area contributed by atoms with Crippen LogP contribution in [0.25, 0.3) is 0 Å². The van der Waals surface area contributed by atoms with Crippen LogP contribution >= 0.6 is 11.6 Å². The van der Waals surface area contributed by atoms with E-state index >= 15 is 0 Å². The summed E-state index contributed by atoms with van der Waals surface area (Å²) >= 11 is 6.01. The molecule has 0 spiro atoms. The molecule has 1 aliphatic heterocycles. The number of carbonyl (C=O) groups excluding carboxylic acids is 1. The lowest BCUT2D eigenvalue weighted by Gasteiger charge is -2.33. The lowest BCUT2D eigenvalue weighted by atomic mass is 9.94. The van der Waals surface area contributed by atoms with Gasteiger partial charge in [-0.1, -0.05) is 17.7 Å². The SMILES string of the molecule is Cc1cc(Cl)ccc1CN[C@@H]1CCC(=O)N[C@H]1c1ccnn1C. The number of piperidine rings is 1. The van der Waals surface area contributed by atoms with Gasteiger partial charge in [0.1, 0.15) is 0 Å². The molecule has 1 aliphatic rings. The molecule has 6 heteroatoms. The highest BCUT2D eigenvalue weighted by Crippen LogP contribution is 2.24. The number of carbonyl (C=O) groups is 1. The van der Waals surface area contributed by atoms with Gasteiger partial charge in [0, 0.05) is 37.3 Å². The Bertz CT molecular complexity index is 712. The molecule has 5 nitrogen and oxygen atoms in total. The van der Waals surface area contributed by atoms with Crippen LogP contribution in [0.5, 0.6) is 0 Å². The molecule has 1 aromatic carbocycles. The van der Waals surface area contributed by atoms with E-state index in [1.54, 1.807) is 6.20 Å². The van der Waals surface area contributed by atoms with E-state index in [-0.39, 0.29) is 18.0 Å². The van der Waals surface area contributed by atoms with Crippen molar-refractivity contribution in [3.63, 3.8) is 0 Å². The Labute approximate surface area is 141 Å². The first-order valence-electron chi connectivity index (χ1n) is 7.80. The van der Waals surface area contributed by atoms with Crippen molar-refractivity contribution in [1.29, 1.82) is 0 Å². The summed E-state index contributed by atoms with van der Waals surface area (Å²) in [5.41, 5.74) is 3.40. The van der Waals surface area contributed by atoms with Gasteiger partial charge in [0.05, 0.1) is 11.7 Å². The third-order valence-corrected chi connectivity index (χ3v) is 4.67. The molecule has 1 aromatic heterocycles. The number of nitrogens with zero attached hydrogens (tertiary/aromatic N) is 2. The molecule has 1 fully saturated rings. The van der Waals surface area contributed by atoms with E-state index in [1.165, 1.54) is 11.1 Å². The number of aromatic nitrogens is 2. The van der Waals surface area contributed by atoms with Crippen molar-refractivity contribution in [1.82, 2.24) is 20.4 Å². The van der Waals surface area contributed by atoms with Gasteiger partial charge in [0.2, 0.25) is 5.91 Å². The molecule has 0 aliphatic carbocycles. The van der Waals surface area contributed by atoms with Gasteiger partial charge in [-0.3, -0.25) is 9.48 Å². The fourth-order valence-corrected chi connectivity index (χ4v) is 3.31. The number of halogens is 1. The third-order valence-electron chi connectivity index (χ3n) is 4.44. The monoisotopic (exact) mass is 332 g/mol. The minimum absolute atomic E-state index is 0.0589. The zero-order valence-corrected chi connectivity index (χ0v) is 14.1. The molecule has 2 N–H and O–H groups in total. The maximum Gasteiger partial charge on any atom is 0.220 e. The average molecular weight is 333 g/mol. The summed E-state index contributed by atoms with van der Waals surface area (Å²) in [6.45, 7) is 2.81. The Hall–Kier alpha value is -1.85. The molecule has 0 unspecified atom stereocenters. The number of aryl methyl sites for hydroxylation is 2. The second-order valence-electron chi connectivity index (χ2n) is 6.02. The van der Waals surface area contributed by atoms with E-state index in [0.29, 0.717) is 6.42 Å². The first kappa shape index (κ1) is 16.0.